The molecule has 2 nitrogen and oxygen atoms in total. The van der Waals surface area contributed by atoms with E-state index < -0.39 is 0 Å². The predicted molar refractivity (Wildman–Crippen MR) is 73.1 cm³/mol. The number of benzene rings is 1. The molecule has 0 radical (unpaired) electrons. The zero-order chi connectivity index (χ0) is 12.1. The van der Waals surface area contributed by atoms with Crippen molar-refractivity contribution < 1.29 is 0 Å². The van der Waals surface area contributed by atoms with Crippen molar-refractivity contribution in [1.29, 1.82) is 0 Å². The second kappa shape index (κ2) is 6.18. The molecule has 1 aromatic rings. The topological polar surface area (TPSA) is 29.3 Å². The van der Waals surface area contributed by atoms with Crippen LogP contribution in [0.15, 0.2) is 30.3 Å². The highest BCUT2D eigenvalue weighted by molar-refractivity contribution is 5.21. The minimum absolute atomic E-state index is 0.591. The molecule has 2 N–H and O–H groups in total. The van der Waals surface area contributed by atoms with Gasteiger partial charge in [0.1, 0.15) is 0 Å². The van der Waals surface area contributed by atoms with Crippen LogP contribution in [0.5, 0.6) is 0 Å². The Morgan fingerprint density at radius 1 is 1.35 bits per heavy atom. The molecule has 0 bridgehead atoms. The minimum atomic E-state index is 0.591. The first-order valence-electron chi connectivity index (χ1n) is 6.84. The maximum Gasteiger partial charge on any atom is 0.0218 e. The second-order valence-electron chi connectivity index (χ2n) is 5.07. The number of hydrogen-bond acceptors (Lipinski definition) is 2. The largest absolute Gasteiger partial charge is 0.329 e. The van der Waals surface area contributed by atoms with E-state index in [0.29, 0.717) is 12.0 Å². The van der Waals surface area contributed by atoms with E-state index in [1.165, 1.54) is 37.9 Å². The lowest BCUT2D eigenvalue weighted by molar-refractivity contribution is 0.232. The molecule has 94 valence electrons. The van der Waals surface area contributed by atoms with Gasteiger partial charge in [-0.25, -0.2) is 0 Å². The molecule has 1 aliphatic heterocycles. The Hall–Kier alpha value is -0.860. The zero-order valence-corrected chi connectivity index (χ0v) is 10.8. The van der Waals surface area contributed by atoms with Crippen molar-refractivity contribution in [2.24, 2.45) is 5.73 Å². The number of rotatable bonds is 5. The van der Waals surface area contributed by atoms with Crippen LogP contribution in [0.1, 0.15) is 37.7 Å². The third-order valence-corrected chi connectivity index (χ3v) is 3.90. The molecule has 0 amide bonds. The molecule has 1 aliphatic rings. The summed E-state index contributed by atoms with van der Waals surface area (Å²) in [7, 11) is 0. The van der Waals surface area contributed by atoms with Crippen LogP contribution in [-0.2, 0) is 0 Å². The summed E-state index contributed by atoms with van der Waals surface area (Å²) in [5, 5.41) is 0. The fourth-order valence-electron chi connectivity index (χ4n) is 2.90. The molecule has 0 aromatic heterocycles. The molecule has 17 heavy (non-hydrogen) atoms. The van der Waals surface area contributed by atoms with Crippen molar-refractivity contribution in [3.63, 3.8) is 0 Å². The van der Waals surface area contributed by atoms with Crippen molar-refractivity contribution in [2.45, 2.75) is 38.1 Å². The third-order valence-electron chi connectivity index (χ3n) is 3.90. The Labute approximate surface area is 105 Å². The summed E-state index contributed by atoms with van der Waals surface area (Å²) in [5.74, 6) is 0.710. The van der Waals surface area contributed by atoms with Gasteiger partial charge in [-0.1, -0.05) is 43.7 Å². The summed E-state index contributed by atoms with van der Waals surface area (Å²) < 4.78 is 0. The van der Waals surface area contributed by atoms with Crippen molar-refractivity contribution in [2.75, 3.05) is 19.6 Å². The van der Waals surface area contributed by atoms with Gasteiger partial charge < -0.3 is 5.73 Å². The van der Waals surface area contributed by atoms with Gasteiger partial charge >= 0.3 is 0 Å². The van der Waals surface area contributed by atoms with Gasteiger partial charge in [0.25, 0.3) is 0 Å². The van der Waals surface area contributed by atoms with E-state index in [9.17, 15) is 0 Å². The molecular formula is C15H24N2. The van der Waals surface area contributed by atoms with Gasteiger partial charge in [0.15, 0.2) is 0 Å². The first-order valence-corrected chi connectivity index (χ1v) is 6.84. The van der Waals surface area contributed by atoms with Crippen LogP contribution in [0, 0.1) is 0 Å². The van der Waals surface area contributed by atoms with E-state index in [4.69, 9.17) is 5.73 Å². The fourth-order valence-corrected chi connectivity index (χ4v) is 2.90. The lowest BCUT2D eigenvalue weighted by Gasteiger charge is -2.26. The van der Waals surface area contributed by atoms with Gasteiger partial charge in [0.2, 0.25) is 0 Å². The number of nitrogens with zero attached hydrogens (tertiary/aromatic N) is 1. The number of likely N-dealkylation sites (tertiary alicyclic amines) is 1. The Bertz CT molecular complexity index is 323. The van der Waals surface area contributed by atoms with Gasteiger partial charge in [-0.2, -0.15) is 0 Å². The first-order chi connectivity index (χ1) is 8.35. The van der Waals surface area contributed by atoms with Crippen LogP contribution in [0.2, 0.25) is 0 Å². The fraction of sp³-hybridized carbons (Fsp3) is 0.600. The average Bonchev–Trinajstić information content (AvgIpc) is 2.86. The molecule has 0 aliphatic carbocycles. The highest BCUT2D eigenvalue weighted by atomic mass is 15.2. The van der Waals surface area contributed by atoms with Crippen LogP contribution in [-0.4, -0.2) is 30.6 Å². The first kappa shape index (κ1) is 12.6. The summed E-state index contributed by atoms with van der Waals surface area (Å²) in [6.07, 6.45) is 3.75. The molecule has 0 spiro atoms. The molecule has 2 unspecified atom stereocenters. The maximum atomic E-state index is 5.88. The van der Waals surface area contributed by atoms with Crippen LogP contribution < -0.4 is 5.73 Å². The standard InChI is InChI=1S/C15H24N2/c1-2-6-15(11-16)17-10-9-14(12-17)13-7-4-3-5-8-13/h3-5,7-8,14-15H,2,6,9-12,16H2,1H3. The van der Waals surface area contributed by atoms with E-state index >= 15 is 0 Å². The summed E-state index contributed by atoms with van der Waals surface area (Å²) in [5.41, 5.74) is 7.37. The van der Waals surface area contributed by atoms with Gasteiger partial charge in [0, 0.05) is 19.1 Å². The van der Waals surface area contributed by atoms with Gasteiger partial charge in [-0.15, -0.1) is 0 Å². The summed E-state index contributed by atoms with van der Waals surface area (Å²) >= 11 is 0. The molecule has 1 heterocycles. The van der Waals surface area contributed by atoms with Gasteiger partial charge in [-0.05, 0) is 30.9 Å². The summed E-state index contributed by atoms with van der Waals surface area (Å²) in [6, 6.07) is 11.5. The Morgan fingerprint density at radius 3 is 2.76 bits per heavy atom. The van der Waals surface area contributed by atoms with Crippen molar-refractivity contribution in [1.82, 2.24) is 4.90 Å². The number of nitrogens with two attached hydrogens (primary N) is 1. The van der Waals surface area contributed by atoms with Crippen molar-refractivity contribution in [3.05, 3.63) is 35.9 Å². The zero-order valence-electron chi connectivity index (χ0n) is 10.8. The Balaban J connectivity index is 1.95. The van der Waals surface area contributed by atoms with Crippen molar-refractivity contribution in [3.8, 4) is 0 Å². The van der Waals surface area contributed by atoms with E-state index in [2.05, 4.69) is 42.2 Å². The Morgan fingerprint density at radius 2 is 2.12 bits per heavy atom. The van der Waals surface area contributed by atoms with E-state index in [-0.39, 0.29) is 0 Å². The van der Waals surface area contributed by atoms with E-state index in [1.807, 2.05) is 0 Å². The highest BCUT2D eigenvalue weighted by Crippen LogP contribution is 2.28. The van der Waals surface area contributed by atoms with Crippen molar-refractivity contribution >= 4 is 0 Å². The molecule has 2 heteroatoms. The molecule has 2 atom stereocenters. The van der Waals surface area contributed by atoms with Gasteiger partial charge in [-0.3, -0.25) is 4.90 Å². The van der Waals surface area contributed by atoms with E-state index in [1.54, 1.807) is 0 Å². The molecule has 1 aromatic carbocycles. The molecule has 2 rings (SSSR count). The average molecular weight is 232 g/mol. The summed E-state index contributed by atoms with van der Waals surface area (Å²) in [4.78, 5) is 2.58. The quantitative estimate of drug-likeness (QED) is 0.845. The molecule has 0 saturated carbocycles. The third kappa shape index (κ3) is 3.08. The van der Waals surface area contributed by atoms with E-state index in [0.717, 1.165) is 6.54 Å². The van der Waals surface area contributed by atoms with Gasteiger partial charge in [0.05, 0.1) is 0 Å². The smallest absolute Gasteiger partial charge is 0.0218 e. The Kier molecular flexibility index (Phi) is 4.57. The SMILES string of the molecule is CCCC(CN)N1CCC(c2ccccc2)C1. The van der Waals surface area contributed by atoms with Crippen LogP contribution in [0.4, 0.5) is 0 Å². The molecular weight excluding hydrogens is 208 g/mol. The normalized spacial score (nSPS) is 22.8. The number of hydrogen-bond donors (Lipinski definition) is 1. The minimum Gasteiger partial charge on any atom is -0.329 e. The lowest BCUT2D eigenvalue weighted by atomic mass is 9.99. The van der Waals surface area contributed by atoms with Crippen LogP contribution >= 0.6 is 0 Å². The molecule has 1 saturated heterocycles. The lowest BCUT2D eigenvalue weighted by Crippen LogP contribution is -2.38. The predicted octanol–water partition coefficient (Wildman–Crippen LogP) is 2.60. The molecule has 1 fully saturated rings. The second-order valence-corrected chi connectivity index (χ2v) is 5.07. The maximum absolute atomic E-state index is 5.88. The monoisotopic (exact) mass is 232 g/mol. The highest BCUT2D eigenvalue weighted by Gasteiger charge is 2.27. The van der Waals surface area contributed by atoms with Crippen LogP contribution in [0.25, 0.3) is 0 Å². The summed E-state index contributed by atoms with van der Waals surface area (Å²) in [6.45, 7) is 5.44. The van der Waals surface area contributed by atoms with Crippen LogP contribution in [0.3, 0.4) is 0 Å².